The summed E-state index contributed by atoms with van der Waals surface area (Å²) in [6, 6.07) is 23.7. The van der Waals surface area contributed by atoms with Crippen molar-refractivity contribution in [2.24, 2.45) is 9.98 Å². The number of hydrogen-bond donors (Lipinski definition) is 0. The smallest absolute Gasteiger partial charge is 0.387 e. The van der Waals surface area contributed by atoms with Gasteiger partial charge < -0.3 is 9.47 Å². The lowest BCUT2D eigenvalue weighted by molar-refractivity contribution is -0.385. The molecule has 266 valence electrons. The van der Waals surface area contributed by atoms with Gasteiger partial charge >= 0.3 is 13.2 Å². The lowest BCUT2D eigenvalue weighted by Gasteiger charge is -2.20. The summed E-state index contributed by atoms with van der Waals surface area (Å²) in [5, 5.41) is 22.9. The largest absolute Gasteiger partial charge is 0.434 e. The summed E-state index contributed by atoms with van der Waals surface area (Å²) in [6.45, 7) is -6.34. The third-order valence-electron chi connectivity index (χ3n) is 7.34. The highest BCUT2D eigenvalue weighted by Gasteiger charge is 2.21. The molecule has 0 unspecified atom stereocenters. The molecule has 52 heavy (non-hydrogen) atoms. The van der Waals surface area contributed by atoms with Gasteiger partial charge in [0, 0.05) is 58.2 Å². The van der Waals surface area contributed by atoms with Crippen molar-refractivity contribution in [3.63, 3.8) is 0 Å². The van der Waals surface area contributed by atoms with E-state index in [2.05, 4.69) is 35.4 Å². The molecule has 5 aromatic rings. The number of ether oxygens (including phenoxy) is 2. The van der Waals surface area contributed by atoms with Crippen LogP contribution in [-0.2, 0) is 0 Å². The van der Waals surface area contributed by atoms with E-state index in [1.807, 2.05) is 24.3 Å². The second-order valence-electron chi connectivity index (χ2n) is 10.6. The number of halogens is 7. The maximum atomic E-state index is 13.0. The zero-order chi connectivity index (χ0) is 37.5. The van der Waals surface area contributed by atoms with E-state index >= 15 is 0 Å². The number of alkyl halides is 4. The van der Waals surface area contributed by atoms with Crippen LogP contribution in [0.15, 0.2) is 112 Å². The fourth-order valence-corrected chi connectivity index (χ4v) is 5.77. The Morgan fingerprint density at radius 1 is 0.615 bits per heavy atom. The monoisotopic (exact) mass is 818 g/mol. The van der Waals surface area contributed by atoms with Gasteiger partial charge in [-0.25, -0.2) is 0 Å². The molecule has 0 N–H and O–H groups in total. The Balaban J connectivity index is 1.49. The summed E-state index contributed by atoms with van der Waals surface area (Å²) in [5.41, 5.74) is 1.84. The molecule has 0 fully saturated rings. The first-order valence-electron chi connectivity index (χ1n) is 14.7. The maximum absolute atomic E-state index is 13.0. The third kappa shape index (κ3) is 9.48. The number of hydrogen-bond acceptors (Lipinski definition) is 8. The molecule has 0 radical (unpaired) electrons. The highest BCUT2D eigenvalue weighted by atomic mass is 79.9. The molecule has 0 spiro atoms. The van der Waals surface area contributed by atoms with Crippen LogP contribution in [0, 0.1) is 20.2 Å². The number of nitro benzene ring substituents is 2. The molecule has 10 nitrogen and oxygen atoms in total. The maximum Gasteiger partial charge on any atom is 0.387 e. The molecular weight excluding hydrogens is 799 g/mol. The van der Waals surface area contributed by atoms with E-state index in [0.29, 0.717) is 11.1 Å². The molecule has 0 amide bonds. The zero-order valence-corrected chi connectivity index (χ0v) is 29.1. The van der Waals surface area contributed by atoms with Crippen LogP contribution in [0.3, 0.4) is 0 Å². The number of benzene rings is 5. The lowest BCUT2D eigenvalue weighted by Crippen LogP contribution is -2.05. The molecule has 0 aliphatic rings. The Bertz CT molecular complexity index is 2060. The quantitative estimate of drug-likeness (QED) is 0.0382. The van der Waals surface area contributed by atoms with E-state index in [1.54, 1.807) is 36.4 Å². The van der Waals surface area contributed by atoms with Gasteiger partial charge in [-0.2, -0.15) is 17.6 Å². The lowest BCUT2D eigenvalue weighted by atomic mass is 9.85. The molecule has 0 saturated heterocycles. The summed E-state index contributed by atoms with van der Waals surface area (Å²) in [6.07, 6.45) is 2.26. The van der Waals surface area contributed by atoms with E-state index in [4.69, 9.17) is 23.2 Å². The summed E-state index contributed by atoms with van der Waals surface area (Å²) in [7, 11) is 0. The molecule has 0 bridgehead atoms. The molecule has 0 heterocycles. The van der Waals surface area contributed by atoms with Gasteiger partial charge in [-0.3, -0.25) is 30.2 Å². The Labute approximate surface area is 310 Å². The van der Waals surface area contributed by atoms with Crippen molar-refractivity contribution in [2.45, 2.75) is 19.1 Å². The minimum Gasteiger partial charge on any atom is -0.434 e. The molecule has 0 aromatic heterocycles. The van der Waals surface area contributed by atoms with Crippen LogP contribution in [0.5, 0.6) is 11.5 Å². The molecule has 17 heteroatoms. The van der Waals surface area contributed by atoms with Gasteiger partial charge in [0.1, 0.15) is 11.5 Å². The topological polar surface area (TPSA) is 129 Å². The van der Waals surface area contributed by atoms with Crippen molar-refractivity contribution in [3.8, 4) is 11.5 Å². The first-order chi connectivity index (χ1) is 24.8. The van der Waals surface area contributed by atoms with Crippen LogP contribution in [0.2, 0.25) is 10.0 Å². The molecule has 0 saturated carbocycles. The minimum atomic E-state index is -3.17. The van der Waals surface area contributed by atoms with Gasteiger partial charge in [0.15, 0.2) is 0 Å². The Morgan fingerprint density at radius 2 is 1.02 bits per heavy atom. The first-order valence-corrected chi connectivity index (χ1v) is 16.2. The average molecular weight is 820 g/mol. The third-order valence-corrected chi connectivity index (χ3v) is 8.47. The van der Waals surface area contributed by atoms with Crippen LogP contribution in [0.25, 0.3) is 0 Å². The van der Waals surface area contributed by atoms with E-state index in [1.165, 1.54) is 0 Å². The second-order valence-corrected chi connectivity index (χ2v) is 12.4. The van der Waals surface area contributed by atoms with Gasteiger partial charge in [-0.1, -0.05) is 63.4 Å². The van der Waals surface area contributed by atoms with E-state index < -0.39 is 29.0 Å². The molecule has 0 aliphatic carbocycles. The number of non-ortho nitro benzene ring substituents is 2. The summed E-state index contributed by atoms with van der Waals surface area (Å²) in [5.74, 6) is -1.09. The Hall–Kier alpha value is -5.38. The predicted molar refractivity (Wildman–Crippen MR) is 192 cm³/mol. The molecule has 5 aromatic carbocycles. The molecule has 5 rings (SSSR count). The average Bonchev–Trinajstić information content (AvgIpc) is 3.09. The summed E-state index contributed by atoms with van der Waals surface area (Å²) < 4.78 is 61.7. The molecular formula is C35H21BrCl2F4N4O6. The summed E-state index contributed by atoms with van der Waals surface area (Å²) in [4.78, 5) is 29.7. The predicted octanol–water partition coefficient (Wildman–Crippen LogP) is 11.5. The van der Waals surface area contributed by atoms with Gasteiger partial charge in [0.2, 0.25) is 0 Å². The fraction of sp³-hybridized carbons (Fsp3) is 0.0857. The number of rotatable bonds is 13. The Morgan fingerprint density at radius 3 is 1.38 bits per heavy atom. The molecule has 0 aliphatic heterocycles. The Kier molecular flexibility index (Phi) is 12.2. The van der Waals surface area contributed by atoms with Crippen LogP contribution in [0.1, 0.15) is 33.7 Å². The van der Waals surface area contributed by atoms with Crippen molar-refractivity contribution in [1.29, 1.82) is 0 Å². The van der Waals surface area contributed by atoms with Crippen LogP contribution >= 0.6 is 39.1 Å². The van der Waals surface area contributed by atoms with Crippen LogP contribution in [0.4, 0.5) is 40.3 Å². The summed E-state index contributed by atoms with van der Waals surface area (Å²) >= 11 is 16.7. The first kappa shape index (κ1) is 37.9. The number of nitrogens with zero attached hydrogens (tertiary/aromatic N) is 4. The van der Waals surface area contributed by atoms with E-state index in [0.717, 1.165) is 58.9 Å². The fourth-order valence-electron chi connectivity index (χ4n) is 5.03. The highest BCUT2D eigenvalue weighted by Crippen LogP contribution is 2.39. The van der Waals surface area contributed by atoms with E-state index in [9.17, 15) is 37.8 Å². The molecule has 0 atom stereocenters. The SMILES string of the molecule is O=[N+]([O-])c1ccc(OC(F)F)c(C=Nc2ccc(C(c3ccc(Br)cc3)c3ccc(N=Cc4cc([N+](=O)[O-])ccc4OC(F)F)c(Cl)c3)cc2Cl)c1. The zero-order valence-electron chi connectivity index (χ0n) is 26.0. The van der Waals surface area contributed by atoms with Crippen molar-refractivity contribution in [3.05, 3.63) is 160 Å². The van der Waals surface area contributed by atoms with Crippen molar-refractivity contribution >= 4 is 74.3 Å². The van der Waals surface area contributed by atoms with Gasteiger partial charge in [-0.15, -0.1) is 0 Å². The van der Waals surface area contributed by atoms with Crippen molar-refractivity contribution in [2.75, 3.05) is 0 Å². The van der Waals surface area contributed by atoms with E-state index in [-0.39, 0.29) is 55.4 Å². The normalized spacial score (nSPS) is 12.2. The van der Waals surface area contributed by atoms with Crippen molar-refractivity contribution in [1.82, 2.24) is 0 Å². The van der Waals surface area contributed by atoms with Crippen molar-refractivity contribution < 1.29 is 36.9 Å². The van der Waals surface area contributed by atoms with Crippen LogP contribution in [-0.4, -0.2) is 35.5 Å². The number of nitro groups is 2. The number of aliphatic imine (C=N–C) groups is 2. The van der Waals surface area contributed by atoms with Gasteiger partial charge in [0.25, 0.3) is 11.4 Å². The standard InChI is InChI=1S/C35H21BrCl2F4N4O6/c36-24-5-1-19(2-6-24)33(20-3-9-29(27(37)15-20)43-17-22-13-25(45(47)48)7-11-31(22)51-34(39)40)21-4-10-30(28(38)16-21)44-18-23-14-26(46(49)50)8-12-32(23)52-35(41)42/h1-18,33-35H. The highest BCUT2D eigenvalue weighted by molar-refractivity contribution is 9.10. The minimum absolute atomic E-state index is 0.0666. The van der Waals surface area contributed by atoms with Gasteiger partial charge in [-0.05, 0) is 65.2 Å². The van der Waals surface area contributed by atoms with Gasteiger partial charge in [0.05, 0.1) is 31.3 Å². The second kappa shape index (κ2) is 16.8. The van der Waals surface area contributed by atoms with Crippen LogP contribution < -0.4 is 9.47 Å².